The summed E-state index contributed by atoms with van der Waals surface area (Å²) in [6, 6.07) is 18.1. The molecule has 0 fully saturated rings. The molecule has 0 saturated heterocycles. The Morgan fingerprint density at radius 1 is 1.03 bits per heavy atom. The first-order chi connectivity index (χ1) is 14.0. The van der Waals surface area contributed by atoms with Crippen LogP contribution in [-0.4, -0.2) is 18.4 Å². The minimum Gasteiger partial charge on any atom is -0.350 e. The van der Waals surface area contributed by atoms with E-state index >= 15 is 0 Å². The lowest BCUT2D eigenvalue weighted by Gasteiger charge is -2.19. The molecule has 0 saturated carbocycles. The van der Waals surface area contributed by atoms with Crippen molar-refractivity contribution in [2.24, 2.45) is 0 Å². The zero-order chi connectivity index (χ0) is 20.5. The molecule has 3 aromatic carbocycles. The second kappa shape index (κ2) is 7.70. The Bertz CT molecular complexity index is 1100. The third kappa shape index (κ3) is 3.63. The van der Waals surface area contributed by atoms with Crippen molar-refractivity contribution in [2.45, 2.75) is 39.7 Å². The van der Waals surface area contributed by atoms with Gasteiger partial charge in [0.2, 0.25) is 5.91 Å². The fraction of sp³-hybridized carbons (Fsp3) is 0.280. The summed E-state index contributed by atoms with van der Waals surface area (Å²) in [6.45, 7) is 6.71. The number of amides is 2. The average Bonchev–Trinajstić information content (AvgIpc) is 2.98. The minimum absolute atomic E-state index is 0.0121. The molecule has 0 spiro atoms. The van der Waals surface area contributed by atoms with E-state index in [0.717, 1.165) is 27.6 Å². The molecule has 4 nitrogen and oxygen atoms in total. The van der Waals surface area contributed by atoms with Gasteiger partial charge in [-0.3, -0.25) is 9.59 Å². The van der Waals surface area contributed by atoms with Crippen molar-refractivity contribution in [1.82, 2.24) is 5.32 Å². The normalized spacial score (nSPS) is 13.8. The Kier molecular flexibility index (Phi) is 5.10. The summed E-state index contributed by atoms with van der Waals surface area (Å²) in [4.78, 5) is 27.0. The van der Waals surface area contributed by atoms with Crippen molar-refractivity contribution in [2.75, 3.05) is 11.4 Å². The summed E-state index contributed by atoms with van der Waals surface area (Å²) in [5, 5.41) is 5.17. The van der Waals surface area contributed by atoms with Gasteiger partial charge in [-0.05, 0) is 61.4 Å². The standard InChI is InChI=1S/C25H26N2O2/c1-16-12-13-20(15-17(16)2)18(3)26-23(28)11-6-14-27-22-10-5-8-19-7-4-9-21(24(19)22)25(27)29/h4-5,7-10,12-13,15,18H,6,11,14H2,1-3H3,(H,26,28)/t18-/m0/s1. The average molecular weight is 386 g/mol. The van der Waals surface area contributed by atoms with Crippen molar-refractivity contribution in [3.63, 3.8) is 0 Å². The molecule has 1 N–H and O–H groups in total. The van der Waals surface area contributed by atoms with E-state index < -0.39 is 0 Å². The molecule has 0 bridgehead atoms. The SMILES string of the molecule is Cc1ccc([C@H](C)NC(=O)CCCN2C(=O)c3cccc4cccc2c34)cc1C. The molecule has 1 heterocycles. The van der Waals surface area contributed by atoms with Crippen molar-refractivity contribution in [3.05, 3.63) is 76.9 Å². The van der Waals surface area contributed by atoms with E-state index in [1.54, 1.807) is 4.90 Å². The van der Waals surface area contributed by atoms with Crippen molar-refractivity contribution in [3.8, 4) is 0 Å². The van der Waals surface area contributed by atoms with Gasteiger partial charge in [0.15, 0.2) is 0 Å². The lowest BCUT2D eigenvalue weighted by Crippen LogP contribution is -2.30. The Morgan fingerprint density at radius 2 is 1.79 bits per heavy atom. The number of rotatable bonds is 6. The van der Waals surface area contributed by atoms with Gasteiger partial charge in [-0.1, -0.05) is 42.5 Å². The summed E-state index contributed by atoms with van der Waals surface area (Å²) in [5.41, 5.74) is 5.29. The first kappa shape index (κ1) is 19.2. The maximum absolute atomic E-state index is 12.8. The predicted octanol–water partition coefficient (Wildman–Crippen LogP) is 5.07. The predicted molar refractivity (Wildman–Crippen MR) is 117 cm³/mol. The second-order valence-corrected chi connectivity index (χ2v) is 7.87. The Balaban J connectivity index is 1.36. The van der Waals surface area contributed by atoms with E-state index in [2.05, 4.69) is 37.4 Å². The highest BCUT2D eigenvalue weighted by molar-refractivity contribution is 6.25. The number of aryl methyl sites for hydroxylation is 2. The van der Waals surface area contributed by atoms with Gasteiger partial charge in [0.1, 0.15) is 0 Å². The molecule has 148 valence electrons. The van der Waals surface area contributed by atoms with E-state index in [4.69, 9.17) is 0 Å². The Morgan fingerprint density at radius 3 is 2.55 bits per heavy atom. The molecule has 0 unspecified atom stereocenters. The number of hydrogen-bond donors (Lipinski definition) is 1. The van der Waals surface area contributed by atoms with Crippen LogP contribution in [0.1, 0.15) is 52.9 Å². The molecule has 0 aromatic heterocycles. The van der Waals surface area contributed by atoms with E-state index in [1.165, 1.54) is 11.1 Å². The summed E-state index contributed by atoms with van der Waals surface area (Å²) >= 11 is 0. The van der Waals surface area contributed by atoms with Crippen LogP contribution in [0.2, 0.25) is 0 Å². The highest BCUT2D eigenvalue weighted by Gasteiger charge is 2.29. The number of nitrogens with one attached hydrogen (secondary N) is 1. The van der Waals surface area contributed by atoms with E-state index in [1.807, 2.05) is 43.3 Å². The van der Waals surface area contributed by atoms with Crippen molar-refractivity contribution < 1.29 is 9.59 Å². The molecule has 29 heavy (non-hydrogen) atoms. The first-order valence-electron chi connectivity index (χ1n) is 10.2. The topological polar surface area (TPSA) is 49.4 Å². The van der Waals surface area contributed by atoms with Crippen LogP contribution in [-0.2, 0) is 4.79 Å². The first-order valence-corrected chi connectivity index (χ1v) is 10.2. The summed E-state index contributed by atoms with van der Waals surface area (Å²) in [7, 11) is 0. The fourth-order valence-corrected chi connectivity index (χ4v) is 4.03. The monoisotopic (exact) mass is 386 g/mol. The largest absolute Gasteiger partial charge is 0.350 e. The third-order valence-electron chi connectivity index (χ3n) is 5.84. The number of carbonyl (C=O) groups is 2. The number of anilines is 1. The number of benzene rings is 3. The Hall–Kier alpha value is -3.14. The number of carbonyl (C=O) groups excluding carboxylic acids is 2. The highest BCUT2D eigenvalue weighted by Crippen LogP contribution is 2.37. The van der Waals surface area contributed by atoms with Crippen LogP contribution in [0.25, 0.3) is 10.8 Å². The lowest BCUT2D eigenvalue weighted by atomic mass is 10.0. The maximum atomic E-state index is 12.8. The molecule has 0 radical (unpaired) electrons. The molecule has 1 aliphatic heterocycles. The minimum atomic E-state index is -0.0341. The molecular weight excluding hydrogens is 360 g/mol. The summed E-state index contributed by atoms with van der Waals surface area (Å²) < 4.78 is 0. The van der Waals surface area contributed by atoms with E-state index in [9.17, 15) is 9.59 Å². The molecule has 4 heteroatoms. The zero-order valence-electron chi connectivity index (χ0n) is 17.2. The molecule has 2 amide bonds. The summed E-state index contributed by atoms with van der Waals surface area (Å²) in [5.74, 6) is 0.0406. The smallest absolute Gasteiger partial charge is 0.258 e. The molecule has 1 aliphatic rings. The van der Waals surface area contributed by atoms with Crippen molar-refractivity contribution >= 4 is 28.3 Å². The van der Waals surface area contributed by atoms with Crippen LogP contribution in [0.4, 0.5) is 5.69 Å². The maximum Gasteiger partial charge on any atom is 0.258 e. The van der Waals surface area contributed by atoms with E-state index in [-0.39, 0.29) is 17.9 Å². The molecule has 3 aromatic rings. The second-order valence-electron chi connectivity index (χ2n) is 7.87. The summed E-state index contributed by atoms with van der Waals surface area (Å²) in [6.07, 6.45) is 1.02. The van der Waals surface area contributed by atoms with Gasteiger partial charge in [-0.2, -0.15) is 0 Å². The lowest BCUT2D eigenvalue weighted by molar-refractivity contribution is -0.121. The van der Waals surface area contributed by atoms with Gasteiger partial charge < -0.3 is 10.2 Å². The Labute approximate surface area is 171 Å². The third-order valence-corrected chi connectivity index (χ3v) is 5.84. The quantitative estimate of drug-likeness (QED) is 0.643. The molecule has 1 atom stereocenters. The van der Waals surface area contributed by atoms with Gasteiger partial charge in [0.05, 0.1) is 11.7 Å². The van der Waals surface area contributed by atoms with Crippen LogP contribution in [0.5, 0.6) is 0 Å². The molecular formula is C25H26N2O2. The van der Waals surface area contributed by atoms with E-state index in [0.29, 0.717) is 19.4 Å². The number of hydrogen-bond acceptors (Lipinski definition) is 2. The van der Waals surface area contributed by atoms with Gasteiger partial charge in [0.25, 0.3) is 5.91 Å². The van der Waals surface area contributed by atoms with Crippen LogP contribution in [0.3, 0.4) is 0 Å². The van der Waals surface area contributed by atoms with Gasteiger partial charge in [-0.25, -0.2) is 0 Å². The number of nitrogens with zero attached hydrogens (tertiary/aromatic N) is 1. The van der Waals surface area contributed by atoms with Crippen LogP contribution >= 0.6 is 0 Å². The van der Waals surface area contributed by atoms with Gasteiger partial charge in [0, 0.05) is 23.9 Å². The molecule has 0 aliphatic carbocycles. The van der Waals surface area contributed by atoms with Crippen LogP contribution in [0, 0.1) is 13.8 Å². The van der Waals surface area contributed by atoms with Crippen LogP contribution in [0.15, 0.2) is 54.6 Å². The fourth-order valence-electron chi connectivity index (χ4n) is 4.03. The zero-order valence-corrected chi connectivity index (χ0v) is 17.2. The van der Waals surface area contributed by atoms with Gasteiger partial charge >= 0.3 is 0 Å². The van der Waals surface area contributed by atoms with Crippen molar-refractivity contribution in [1.29, 1.82) is 0 Å². The van der Waals surface area contributed by atoms with Gasteiger partial charge in [-0.15, -0.1) is 0 Å². The molecule has 4 rings (SSSR count). The highest BCUT2D eigenvalue weighted by atomic mass is 16.2. The van der Waals surface area contributed by atoms with Crippen LogP contribution < -0.4 is 10.2 Å².